The van der Waals surface area contributed by atoms with Crippen molar-refractivity contribution in [2.45, 2.75) is 19.8 Å². The summed E-state index contributed by atoms with van der Waals surface area (Å²) in [6, 6.07) is 9.18. The highest BCUT2D eigenvalue weighted by Gasteiger charge is 2.19. The molecule has 7 heteroatoms. The number of nitrogens with two attached hydrogens (primary N) is 1. The van der Waals surface area contributed by atoms with Crippen LogP contribution >= 0.6 is 11.3 Å². The third kappa shape index (κ3) is 2.87. The van der Waals surface area contributed by atoms with Gasteiger partial charge in [0.25, 0.3) is 5.91 Å². The monoisotopic (exact) mass is 355 g/mol. The van der Waals surface area contributed by atoms with Crippen molar-refractivity contribution in [3.05, 3.63) is 40.9 Å². The predicted molar refractivity (Wildman–Crippen MR) is 98.5 cm³/mol. The molecule has 1 amide bonds. The second-order valence-corrected chi connectivity index (χ2v) is 6.77. The number of nitrogen functional groups attached to an aromatic ring is 1. The number of nitrogens with zero attached hydrogens (tertiary/aromatic N) is 1. The Morgan fingerprint density at radius 1 is 1.28 bits per heavy atom. The third-order valence-electron chi connectivity index (χ3n) is 3.99. The van der Waals surface area contributed by atoms with Gasteiger partial charge >= 0.3 is 0 Å². The number of carbonyl (C=O) groups is 1. The largest absolute Gasteiger partial charge is 0.454 e. The van der Waals surface area contributed by atoms with E-state index in [4.69, 9.17) is 15.2 Å². The van der Waals surface area contributed by atoms with E-state index < -0.39 is 0 Å². The normalized spacial score (nSPS) is 12.5. The number of benzene rings is 1. The maximum atomic E-state index is 12.6. The first-order chi connectivity index (χ1) is 12.2. The zero-order valence-electron chi connectivity index (χ0n) is 13.7. The molecule has 128 valence electrons. The van der Waals surface area contributed by atoms with Crippen molar-refractivity contribution in [2.24, 2.45) is 0 Å². The van der Waals surface area contributed by atoms with Gasteiger partial charge in [-0.3, -0.25) is 4.79 Å². The van der Waals surface area contributed by atoms with Crippen molar-refractivity contribution in [1.82, 2.24) is 4.98 Å². The standard InChI is InChI=1S/C18H17N3O3S/c1-2-3-10-4-6-12-15(19)16(25-18(12)21-10)17(22)20-11-5-7-13-14(8-11)24-9-23-13/h4-8H,2-3,9,19H2,1H3,(H,20,22). The number of rotatable bonds is 4. The number of hydrogen-bond acceptors (Lipinski definition) is 6. The van der Waals surface area contributed by atoms with Crippen molar-refractivity contribution in [3.63, 3.8) is 0 Å². The van der Waals surface area contributed by atoms with Crippen LogP contribution in [0.1, 0.15) is 28.7 Å². The van der Waals surface area contributed by atoms with Gasteiger partial charge in [0.2, 0.25) is 6.79 Å². The van der Waals surface area contributed by atoms with E-state index in [-0.39, 0.29) is 12.7 Å². The molecule has 2 aromatic heterocycles. The van der Waals surface area contributed by atoms with Gasteiger partial charge in [0.05, 0.1) is 5.69 Å². The van der Waals surface area contributed by atoms with Crippen LogP contribution in [0.25, 0.3) is 10.2 Å². The molecule has 0 bridgehead atoms. The molecule has 3 aromatic rings. The summed E-state index contributed by atoms with van der Waals surface area (Å²) in [5.74, 6) is 1.04. The topological polar surface area (TPSA) is 86.5 Å². The van der Waals surface area contributed by atoms with E-state index in [1.807, 2.05) is 12.1 Å². The summed E-state index contributed by atoms with van der Waals surface area (Å²) in [5.41, 5.74) is 8.28. The first-order valence-corrected chi connectivity index (χ1v) is 8.86. The Balaban J connectivity index is 1.62. The van der Waals surface area contributed by atoms with E-state index in [1.165, 1.54) is 11.3 Å². The molecular weight excluding hydrogens is 338 g/mol. The molecule has 1 aliphatic rings. The van der Waals surface area contributed by atoms with Crippen LogP contribution in [0.5, 0.6) is 11.5 Å². The summed E-state index contributed by atoms with van der Waals surface area (Å²) in [6.07, 6.45) is 1.93. The van der Waals surface area contributed by atoms with Gasteiger partial charge in [0.1, 0.15) is 9.71 Å². The molecule has 3 heterocycles. The number of fused-ring (bicyclic) bond motifs is 2. The lowest BCUT2D eigenvalue weighted by atomic mass is 10.2. The molecule has 4 rings (SSSR count). The molecule has 0 aliphatic carbocycles. The maximum absolute atomic E-state index is 12.6. The molecule has 0 saturated carbocycles. The van der Waals surface area contributed by atoms with Crippen molar-refractivity contribution < 1.29 is 14.3 Å². The quantitative estimate of drug-likeness (QED) is 0.743. The van der Waals surface area contributed by atoms with E-state index in [0.29, 0.717) is 27.8 Å². The summed E-state index contributed by atoms with van der Waals surface area (Å²) in [6.45, 7) is 2.31. The average Bonchev–Trinajstić information content (AvgIpc) is 3.19. The van der Waals surface area contributed by atoms with Gasteiger partial charge in [-0.1, -0.05) is 13.3 Å². The third-order valence-corrected chi connectivity index (χ3v) is 5.11. The van der Waals surface area contributed by atoms with Crippen LogP contribution in [0.4, 0.5) is 11.4 Å². The number of pyridine rings is 1. The van der Waals surface area contributed by atoms with Crippen LogP contribution in [-0.2, 0) is 6.42 Å². The minimum Gasteiger partial charge on any atom is -0.454 e. The lowest BCUT2D eigenvalue weighted by Gasteiger charge is -2.05. The summed E-state index contributed by atoms with van der Waals surface area (Å²) >= 11 is 1.31. The highest BCUT2D eigenvalue weighted by Crippen LogP contribution is 2.36. The molecule has 0 unspecified atom stereocenters. The molecule has 0 radical (unpaired) electrons. The maximum Gasteiger partial charge on any atom is 0.267 e. The van der Waals surface area contributed by atoms with Crippen LogP contribution in [0.3, 0.4) is 0 Å². The molecule has 0 spiro atoms. The highest BCUT2D eigenvalue weighted by molar-refractivity contribution is 7.21. The van der Waals surface area contributed by atoms with Crippen molar-refractivity contribution in [1.29, 1.82) is 0 Å². The number of thiophene rings is 1. The molecule has 1 aliphatic heterocycles. The fourth-order valence-electron chi connectivity index (χ4n) is 2.76. The summed E-state index contributed by atoms with van der Waals surface area (Å²) in [7, 11) is 0. The zero-order valence-corrected chi connectivity index (χ0v) is 14.5. The first kappa shape index (κ1) is 15.7. The number of anilines is 2. The Hall–Kier alpha value is -2.80. The SMILES string of the molecule is CCCc1ccc2c(N)c(C(=O)Nc3ccc4c(c3)OCO4)sc2n1. The van der Waals surface area contributed by atoms with Crippen molar-refractivity contribution in [3.8, 4) is 11.5 Å². The minimum absolute atomic E-state index is 0.196. The van der Waals surface area contributed by atoms with Gasteiger partial charge in [0, 0.05) is 22.8 Å². The van der Waals surface area contributed by atoms with Gasteiger partial charge in [0.15, 0.2) is 11.5 Å². The summed E-state index contributed by atoms with van der Waals surface area (Å²) in [5, 5.41) is 3.68. The van der Waals surface area contributed by atoms with E-state index in [0.717, 1.165) is 28.8 Å². The number of carbonyl (C=O) groups excluding carboxylic acids is 1. The smallest absolute Gasteiger partial charge is 0.267 e. The van der Waals surface area contributed by atoms with Crippen molar-refractivity contribution >= 4 is 38.8 Å². The fraction of sp³-hybridized carbons (Fsp3) is 0.222. The van der Waals surface area contributed by atoms with Crippen LogP contribution in [0, 0.1) is 0 Å². The fourth-order valence-corrected chi connectivity index (χ4v) is 3.77. The summed E-state index contributed by atoms with van der Waals surface area (Å²) < 4.78 is 10.6. The number of ether oxygens (including phenoxy) is 2. The lowest BCUT2D eigenvalue weighted by Crippen LogP contribution is -2.11. The van der Waals surface area contributed by atoms with Crippen LogP contribution in [0.15, 0.2) is 30.3 Å². The average molecular weight is 355 g/mol. The number of aromatic nitrogens is 1. The number of aryl methyl sites for hydroxylation is 1. The zero-order chi connectivity index (χ0) is 17.4. The van der Waals surface area contributed by atoms with E-state index in [2.05, 4.69) is 17.2 Å². The molecule has 0 fully saturated rings. The van der Waals surface area contributed by atoms with E-state index in [9.17, 15) is 4.79 Å². The first-order valence-electron chi connectivity index (χ1n) is 8.04. The number of nitrogens with one attached hydrogen (secondary N) is 1. The predicted octanol–water partition coefficient (Wildman–Crippen LogP) is 3.81. The molecule has 1 aromatic carbocycles. The van der Waals surface area contributed by atoms with Crippen molar-refractivity contribution in [2.75, 3.05) is 17.8 Å². The Kier molecular flexibility index (Phi) is 3.93. The van der Waals surface area contributed by atoms with Gasteiger partial charge < -0.3 is 20.5 Å². The second kappa shape index (κ2) is 6.25. The molecule has 0 saturated heterocycles. The Bertz CT molecular complexity index is 968. The minimum atomic E-state index is -0.253. The van der Waals surface area contributed by atoms with Crippen LogP contribution < -0.4 is 20.5 Å². The number of hydrogen-bond donors (Lipinski definition) is 2. The second-order valence-electron chi connectivity index (χ2n) is 5.77. The van der Waals surface area contributed by atoms with Gasteiger partial charge in [-0.2, -0.15) is 0 Å². The Morgan fingerprint density at radius 2 is 2.12 bits per heavy atom. The van der Waals surface area contributed by atoms with Crippen LogP contribution in [-0.4, -0.2) is 17.7 Å². The molecule has 6 nitrogen and oxygen atoms in total. The van der Waals surface area contributed by atoms with Gasteiger partial charge in [-0.05, 0) is 30.7 Å². The van der Waals surface area contributed by atoms with Crippen LogP contribution in [0.2, 0.25) is 0 Å². The highest BCUT2D eigenvalue weighted by atomic mass is 32.1. The Morgan fingerprint density at radius 3 is 2.96 bits per heavy atom. The van der Waals surface area contributed by atoms with E-state index in [1.54, 1.807) is 18.2 Å². The molecule has 25 heavy (non-hydrogen) atoms. The molecule has 0 atom stereocenters. The Labute approximate surface area is 148 Å². The van der Waals surface area contributed by atoms with Gasteiger partial charge in [-0.15, -0.1) is 11.3 Å². The van der Waals surface area contributed by atoms with E-state index >= 15 is 0 Å². The summed E-state index contributed by atoms with van der Waals surface area (Å²) in [4.78, 5) is 18.5. The lowest BCUT2D eigenvalue weighted by molar-refractivity contribution is 0.103. The number of amides is 1. The van der Waals surface area contributed by atoms with Gasteiger partial charge in [-0.25, -0.2) is 4.98 Å². The molecule has 3 N–H and O–H groups in total. The molecular formula is C18H17N3O3S.